The Bertz CT molecular complexity index is 912. The maximum absolute atomic E-state index is 12.0. The number of aliphatic carboxylic acids is 2. The van der Waals surface area contributed by atoms with Gasteiger partial charge in [0, 0.05) is 34.1 Å². The molecule has 1 aromatic carbocycles. The highest BCUT2D eigenvalue weighted by Gasteiger charge is 2.54. The zero-order valence-corrected chi connectivity index (χ0v) is 14.5. The standard InChI is InChI=1S/C18H20N2O6/c1-3-18(4-2)14(17(23)24)12(16(21)22)8-11-10-7-9(20(25)26)5-6-13(10)19-15(11)18/h5-7,12,14,19H,3-4,8H2,1-2H3,(H,21,22)(H,23,24). The Morgan fingerprint density at radius 1 is 1.27 bits per heavy atom. The Hall–Kier alpha value is -2.90. The molecule has 3 N–H and O–H groups in total. The third-order valence-corrected chi connectivity index (χ3v) is 5.87. The van der Waals surface area contributed by atoms with E-state index in [2.05, 4.69) is 4.98 Å². The number of fused-ring (bicyclic) bond motifs is 3. The van der Waals surface area contributed by atoms with Gasteiger partial charge in [-0.15, -0.1) is 0 Å². The fraction of sp³-hybridized carbons (Fsp3) is 0.444. The molecule has 8 nitrogen and oxygen atoms in total. The Balaban J connectivity index is 2.35. The molecule has 3 rings (SSSR count). The number of carboxylic acid groups (broad SMARTS) is 2. The molecule has 0 amide bonds. The summed E-state index contributed by atoms with van der Waals surface area (Å²) < 4.78 is 0. The lowest BCUT2D eigenvalue weighted by atomic mass is 9.58. The summed E-state index contributed by atoms with van der Waals surface area (Å²) in [5, 5.41) is 31.2. The summed E-state index contributed by atoms with van der Waals surface area (Å²) >= 11 is 0. The Morgan fingerprint density at radius 2 is 1.92 bits per heavy atom. The lowest BCUT2D eigenvalue weighted by Crippen LogP contribution is -2.50. The minimum absolute atomic E-state index is 0.0323. The summed E-state index contributed by atoms with van der Waals surface area (Å²) in [6.45, 7) is 3.70. The maximum atomic E-state index is 12.0. The first-order chi connectivity index (χ1) is 12.3. The van der Waals surface area contributed by atoms with Crippen LogP contribution in [0.4, 0.5) is 5.69 Å². The quantitative estimate of drug-likeness (QED) is 0.554. The maximum Gasteiger partial charge on any atom is 0.308 e. The van der Waals surface area contributed by atoms with E-state index in [1.54, 1.807) is 6.07 Å². The first-order valence-electron chi connectivity index (χ1n) is 8.51. The van der Waals surface area contributed by atoms with E-state index in [0.29, 0.717) is 35.0 Å². The third-order valence-electron chi connectivity index (χ3n) is 5.87. The van der Waals surface area contributed by atoms with Crippen molar-refractivity contribution in [2.24, 2.45) is 11.8 Å². The van der Waals surface area contributed by atoms with E-state index in [9.17, 15) is 29.9 Å². The molecule has 0 spiro atoms. The SMILES string of the molecule is CCC1(CC)c2[nH]c3ccc([N+](=O)[O-])cc3c2CC(C(=O)O)C1C(=O)O. The van der Waals surface area contributed by atoms with Crippen LogP contribution in [0.25, 0.3) is 10.9 Å². The Labute approximate surface area is 149 Å². The predicted molar refractivity (Wildman–Crippen MR) is 93.2 cm³/mol. The molecule has 8 heteroatoms. The molecule has 0 bridgehead atoms. The van der Waals surface area contributed by atoms with E-state index in [0.717, 1.165) is 0 Å². The van der Waals surface area contributed by atoms with Crippen molar-refractivity contribution >= 4 is 28.5 Å². The highest BCUT2D eigenvalue weighted by molar-refractivity contribution is 5.90. The number of H-pyrrole nitrogens is 1. The minimum atomic E-state index is -1.16. The smallest absolute Gasteiger partial charge is 0.308 e. The van der Waals surface area contributed by atoms with E-state index in [-0.39, 0.29) is 12.1 Å². The van der Waals surface area contributed by atoms with Crippen LogP contribution in [0.1, 0.15) is 37.9 Å². The summed E-state index contributed by atoms with van der Waals surface area (Å²) in [5.41, 5.74) is 1.09. The van der Waals surface area contributed by atoms with Gasteiger partial charge in [-0.3, -0.25) is 19.7 Å². The normalized spacial score (nSPS) is 21.3. The van der Waals surface area contributed by atoms with Gasteiger partial charge in [-0.25, -0.2) is 0 Å². The van der Waals surface area contributed by atoms with Crippen molar-refractivity contribution in [3.8, 4) is 0 Å². The van der Waals surface area contributed by atoms with Crippen molar-refractivity contribution < 1.29 is 24.7 Å². The van der Waals surface area contributed by atoms with Crippen LogP contribution in [0.3, 0.4) is 0 Å². The van der Waals surface area contributed by atoms with Crippen LogP contribution in [-0.2, 0) is 21.4 Å². The Kier molecular flexibility index (Phi) is 4.21. The second-order valence-electron chi connectivity index (χ2n) is 6.79. The Morgan fingerprint density at radius 3 is 2.42 bits per heavy atom. The van der Waals surface area contributed by atoms with Crippen molar-refractivity contribution in [2.45, 2.75) is 38.5 Å². The molecule has 1 aliphatic carbocycles. The zero-order valence-electron chi connectivity index (χ0n) is 14.5. The predicted octanol–water partition coefficient (Wildman–Crippen LogP) is 3.09. The number of nitrogens with one attached hydrogen (secondary N) is 1. The summed E-state index contributed by atoms with van der Waals surface area (Å²) in [6, 6.07) is 4.40. The molecule has 0 fully saturated rings. The van der Waals surface area contributed by atoms with Crippen LogP contribution in [0, 0.1) is 22.0 Å². The van der Waals surface area contributed by atoms with Crippen molar-refractivity contribution in [3.63, 3.8) is 0 Å². The van der Waals surface area contributed by atoms with Crippen LogP contribution < -0.4 is 0 Å². The molecule has 0 aliphatic heterocycles. The number of carbonyl (C=O) groups is 2. The van der Waals surface area contributed by atoms with Gasteiger partial charge in [0.2, 0.25) is 0 Å². The second-order valence-corrected chi connectivity index (χ2v) is 6.79. The molecule has 2 aromatic rings. The lowest BCUT2D eigenvalue weighted by molar-refractivity contribution is -0.384. The molecule has 138 valence electrons. The number of hydrogen-bond acceptors (Lipinski definition) is 4. The number of rotatable bonds is 5. The number of carboxylic acids is 2. The molecule has 2 atom stereocenters. The average molecular weight is 360 g/mol. The molecular formula is C18H20N2O6. The third kappa shape index (κ3) is 2.36. The fourth-order valence-corrected chi connectivity index (χ4v) is 4.55. The van der Waals surface area contributed by atoms with Crippen molar-refractivity contribution in [2.75, 3.05) is 0 Å². The van der Waals surface area contributed by atoms with Gasteiger partial charge in [0.25, 0.3) is 5.69 Å². The largest absolute Gasteiger partial charge is 0.481 e. The van der Waals surface area contributed by atoms with Crippen LogP contribution in [0.2, 0.25) is 0 Å². The number of nitro groups is 1. The molecule has 0 saturated carbocycles. The molecule has 1 aliphatic rings. The highest BCUT2D eigenvalue weighted by atomic mass is 16.6. The van der Waals surface area contributed by atoms with E-state index >= 15 is 0 Å². The second kappa shape index (κ2) is 6.12. The van der Waals surface area contributed by atoms with Gasteiger partial charge in [-0.05, 0) is 30.9 Å². The van der Waals surface area contributed by atoms with Crippen LogP contribution in [0.5, 0.6) is 0 Å². The first-order valence-corrected chi connectivity index (χ1v) is 8.51. The summed E-state index contributed by atoms with van der Waals surface area (Å²) in [4.78, 5) is 37.7. The van der Waals surface area contributed by atoms with Crippen LogP contribution in [0.15, 0.2) is 18.2 Å². The topological polar surface area (TPSA) is 134 Å². The van der Waals surface area contributed by atoms with E-state index < -0.39 is 34.1 Å². The number of hydrogen-bond donors (Lipinski definition) is 3. The summed E-state index contributed by atoms with van der Waals surface area (Å²) in [7, 11) is 0. The van der Waals surface area contributed by atoms with E-state index in [4.69, 9.17) is 0 Å². The molecular weight excluding hydrogens is 340 g/mol. The monoisotopic (exact) mass is 360 g/mol. The zero-order chi connectivity index (χ0) is 19.2. The number of nitrogens with zero attached hydrogens (tertiary/aromatic N) is 1. The minimum Gasteiger partial charge on any atom is -0.481 e. The van der Waals surface area contributed by atoms with E-state index in [1.165, 1.54) is 12.1 Å². The number of benzene rings is 1. The molecule has 1 aromatic heterocycles. The summed E-state index contributed by atoms with van der Waals surface area (Å²) in [5.74, 6) is -4.44. The van der Waals surface area contributed by atoms with Gasteiger partial charge < -0.3 is 15.2 Å². The van der Waals surface area contributed by atoms with Gasteiger partial charge in [0.05, 0.1) is 16.8 Å². The highest BCUT2D eigenvalue weighted by Crippen LogP contribution is 2.50. The molecule has 0 radical (unpaired) electrons. The molecule has 2 unspecified atom stereocenters. The van der Waals surface area contributed by atoms with Gasteiger partial charge in [0.1, 0.15) is 0 Å². The molecule has 26 heavy (non-hydrogen) atoms. The van der Waals surface area contributed by atoms with Crippen molar-refractivity contribution in [3.05, 3.63) is 39.6 Å². The van der Waals surface area contributed by atoms with Gasteiger partial charge in [-0.2, -0.15) is 0 Å². The van der Waals surface area contributed by atoms with Crippen molar-refractivity contribution in [1.82, 2.24) is 4.98 Å². The van der Waals surface area contributed by atoms with Gasteiger partial charge >= 0.3 is 11.9 Å². The van der Waals surface area contributed by atoms with Crippen LogP contribution in [-0.4, -0.2) is 32.1 Å². The first kappa shape index (κ1) is 17.9. The number of aromatic amines is 1. The van der Waals surface area contributed by atoms with Gasteiger partial charge in [0.15, 0.2) is 0 Å². The lowest BCUT2D eigenvalue weighted by Gasteiger charge is -2.44. The fourth-order valence-electron chi connectivity index (χ4n) is 4.55. The average Bonchev–Trinajstić information content (AvgIpc) is 2.97. The van der Waals surface area contributed by atoms with Gasteiger partial charge in [-0.1, -0.05) is 13.8 Å². The summed E-state index contributed by atoms with van der Waals surface area (Å²) in [6.07, 6.45) is 0.933. The van der Waals surface area contributed by atoms with E-state index in [1.807, 2.05) is 13.8 Å². The molecule has 0 saturated heterocycles. The molecule has 1 heterocycles. The number of non-ortho nitro benzene ring substituents is 1. The van der Waals surface area contributed by atoms with Crippen molar-refractivity contribution in [1.29, 1.82) is 0 Å². The number of nitro benzene ring substituents is 1. The number of aromatic nitrogens is 1. The van der Waals surface area contributed by atoms with Crippen LogP contribution >= 0.6 is 0 Å².